The summed E-state index contributed by atoms with van der Waals surface area (Å²) in [6, 6.07) is 0. The lowest BCUT2D eigenvalue weighted by Gasteiger charge is -2.13. The van der Waals surface area contributed by atoms with E-state index in [1.54, 1.807) is 0 Å². The molecule has 0 aliphatic heterocycles. The minimum absolute atomic E-state index is 0.0441. The van der Waals surface area contributed by atoms with E-state index < -0.39 is 5.97 Å². The van der Waals surface area contributed by atoms with Crippen molar-refractivity contribution >= 4 is 11.9 Å². The van der Waals surface area contributed by atoms with E-state index in [4.69, 9.17) is 10.8 Å². The molecule has 0 saturated heterocycles. The van der Waals surface area contributed by atoms with Crippen molar-refractivity contribution in [2.24, 2.45) is 5.73 Å². The van der Waals surface area contributed by atoms with Crippen LogP contribution < -0.4 is 5.73 Å². The number of carbonyl (C=O) groups is 2. The summed E-state index contributed by atoms with van der Waals surface area (Å²) >= 11 is 0. The summed E-state index contributed by atoms with van der Waals surface area (Å²) in [4.78, 5) is 21.5. The number of hydroxylamine groups is 2. The van der Waals surface area contributed by atoms with E-state index in [9.17, 15) is 14.8 Å². The Hall–Kier alpha value is -1.14. The third kappa shape index (κ3) is 8.19. The van der Waals surface area contributed by atoms with Gasteiger partial charge in [0.25, 0.3) is 0 Å². The molecule has 0 saturated carbocycles. The molecule has 0 aromatic rings. The summed E-state index contributed by atoms with van der Waals surface area (Å²) in [5, 5.41) is 18.2. The molecule has 4 N–H and O–H groups in total. The van der Waals surface area contributed by atoms with Crippen molar-refractivity contribution in [2.45, 2.75) is 38.5 Å². The largest absolute Gasteiger partial charge is 0.481 e. The standard InChI is InChI=1S/C10H20N2O4/c11-7-3-1-2-5-9(13)12(16)8-4-6-10(14)15/h16H,1-8,11H2,(H,14,15). The number of carboxylic acid groups (broad SMARTS) is 1. The minimum atomic E-state index is -0.927. The Labute approximate surface area is 95.0 Å². The van der Waals surface area contributed by atoms with Gasteiger partial charge in [-0.2, -0.15) is 0 Å². The van der Waals surface area contributed by atoms with Crippen LogP contribution in [0.25, 0.3) is 0 Å². The first-order chi connectivity index (χ1) is 7.57. The number of amides is 1. The second-order valence-electron chi connectivity index (χ2n) is 3.61. The van der Waals surface area contributed by atoms with Crippen molar-refractivity contribution in [2.75, 3.05) is 13.1 Å². The van der Waals surface area contributed by atoms with Crippen LogP contribution in [0.5, 0.6) is 0 Å². The molecule has 0 aromatic heterocycles. The fourth-order valence-electron chi connectivity index (χ4n) is 1.23. The van der Waals surface area contributed by atoms with Crippen LogP contribution in [0.4, 0.5) is 0 Å². The second kappa shape index (κ2) is 9.11. The first-order valence-corrected chi connectivity index (χ1v) is 5.49. The first kappa shape index (κ1) is 14.9. The molecule has 94 valence electrons. The zero-order chi connectivity index (χ0) is 12.4. The molecule has 1 amide bonds. The topological polar surface area (TPSA) is 104 Å². The van der Waals surface area contributed by atoms with Crippen LogP contribution in [-0.4, -0.2) is 40.3 Å². The van der Waals surface area contributed by atoms with Gasteiger partial charge in [0.05, 0.1) is 0 Å². The summed E-state index contributed by atoms with van der Waals surface area (Å²) in [5.74, 6) is -1.29. The van der Waals surface area contributed by atoms with Gasteiger partial charge in [-0.25, -0.2) is 5.06 Å². The first-order valence-electron chi connectivity index (χ1n) is 5.49. The van der Waals surface area contributed by atoms with Gasteiger partial charge in [0, 0.05) is 19.4 Å². The number of hydrogen-bond donors (Lipinski definition) is 3. The lowest BCUT2D eigenvalue weighted by atomic mass is 10.2. The normalized spacial score (nSPS) is 10.1. The highest BCUT2D eigenvalue weighted by molar-refractivity contribution is 5.74. The molecule has 0 radical (unpaired) electrons. The summed E-state index contributed by atoms with van der Waals surface area (Å²) in [6.45, 7) is 0.678. The van der Waals surface area contributed by atoms with Crippen LogP contribution in [-0.2, 0) is 9.59 Å². The number of nitrogens with two attached hydrogens (primary N) is 1. The minimum Gasteiger partial charge on any atom is -0.481 e. The van der Waals surface area contributed by atoms with Gasteiger partial charge in [-0.3, -0.25) is 14.8 Å². The highest BCUT2D eigenvalue weighted by Gasteiger charge is 2.10. The number of carbonyl (C=O) groups excluding carboxylic acids is 1. The van der Waals surface area contributed by atoms with E-state index in [1.807, 2.05) is 0 Å². The highest BCUT2D eigenvalue weighted by atomic mass is 16.5. The van der Waals surface area contributed by atoms with Gasteiger partial charge in [-0.1, -0.05) is 6.42 Å². The lowest BCUT2D eigenvalue weighted by molar-refractivity contribution is -0.166. The van der Waals surface area contributed by atoms with E-state index in [1.165, 1.54) is 0 Å². The number of carboxylic acids is 1. The Bertz CT molecular complexity index is 221. The highest BCUT2D eigenvalue weighted by Crippen LogP contribution is 2.02. The van der Waals surface area contributed by atoms with Crippen molar-refractivity contribution in [3.05, 3.63) is 0 Å². The Morgan fingerprint density at radius 1 is 1.06 bits per heavy atom. The van der Waals surface area contributed by atoms with E-state index in [0.29, 0.717) is 18.0 Å². The molecule has 0 fully saturated rings. The maximum atomic E-state index is 11.3. The fourth-order valence-corrected chi connectivity index (χ4v) is 1.23. The fraction of sp³-hybridized carbons (Fsp3) is 0.800. The zero-order valence-electron chi connectivity index (χ0n) is 9.39. The van der Waals surface area contributed by atoms with Crippen molar-refractivity contribution in [1.29, 1.82) is 0 Å². The number of hydrogen-bond acceptors (Lipinski definition) is 4. The predicted octanol–water partition coefficient (Wildman–Crippen LogP) is 0.588. The second-order valence-corrected chi connectivity index (χ2v) is 3.61. The van der Waals surface area contributed by atoms with E-state index in [2.05, 4.69) is 0 Å². The molecular weight excluding hydrogens is 212 g/mol. The number of rotatable bonds is 9. The van der Waals surface area contributed by atoms with E-state index in [-0.39, 0.29) is 31.7 Å². The molecule has 0 aromatic carbocycles. The number of nitrogens with zero attached hydrogens (tertiary/aromatic N) is 1. The smallest absolute Gasteiger partial charge is 0.303 e. The van der Waals surface area contributed by atoms with Gasteiger partial charge in [0.15, 0.2) is 0 Å². The summed E-state index contributed by atoms with van der Waals surface area (Å²) in [5.41, 5.74) is 5.30. The molecule has 0 heterocycles. The molecule has 0 atom stereocenters. The Morgan fingerprint density at radius 3 is 2.31 bits per heavy atom. The summed E-state index contributed by atoms with van der Waals surface area (Å²) in [7, 11) is 0. The van der Waals surface area contributed by atoms with Crippen molar-refractivity contribution in [3.63, 3.8) is 0 Å². The predicted molar refractivity (Wildman–Crippen MR) is 57.9 cm³/mol. The molecule has 6 nitrogen and oxygen atoms in total. The molecule has 16 heavy (non-hydrogen) atoms. The number of unbranched alkanes of at least 4 members (excludes halogenated alkanes) is 2. The molecule has 6 heteroatoms. The van der Waals surface area contributed by atoms with Crippen LogP contribution in [0, 0.1) is 0 Å². The Kier molecular flexibility index (Phi) is 8.46. The van der Waals surface area contributed by atoms with Crippen LogP contribution in [0.3, 0.4) is 0 Å². The van der Waals surface area contributed by atoms with Crippen LogP contribution in [0.2, 0.25) is 0 Å². The average molecular weight is 232 g/mol. The van der Waals surface area contributed by atoms with Crippen LogP contribution in [0.1, 0.15) is 38.5 Å². The van der Waals surface area contributed by atoms with Gasteiger partial charge in [-0.15, -0.1) is 0 Å². The molecule has 0 bridgehead atoms. The maximum Gasteiger partial charge on any atom is 0.303 e. The molecule has 0 spiro atoms. The van der Waals surface area contributed by atoms with E-state index >= 15 is 0 Å². The monoisotopic (exact) mass is 232 g/mol. The SMILES string of the molecule is NCCCCCC(=O)N(O)CCCC(=O)O. The molecular formula is C10H20N2O4. The Balaban J connectivity index is 3.53. The lowest BCUT2D eigenvalue weighted by Crippen LogP contribution is -2.28. The maximum absolute atomic E-state index is 11.3. The molecule has 0 rings (SSSR count). The van der Waals surface area contributed by atoms with Gasteiger partial charge in [0.1, 0.15) is 0 Å². The molecule has 0 unspecified atom stereocenters. The van der Waals surface area contributed by atoms with Gasteiger partial charge in [-0.05, 0) is 25.8 Å². The quantitative estimate of drug-likeness (QED) is 0.306. The van der Waals surface area contributed by atoms with Crippen molar-refractivity contribution in [3.8, 4) is 0 Å². The number of aliphatic carboxylic acids is 1. The summed E-state index contributed by atoms with van der Waals surface area (Å²) < 4.78 is 0. The van der Waals surface area contributed by atoms with Crippen LogP contribution >= 0.6 is 0 Å². The van der Waals surface area contributed by atoms with Gasteiger partial charge >= 0.3 is 5.97 Å². The van der Waals surface area contributed by atoms with Gasteiger partial charge < -0.3 is 10.8 Å². The zero-order valence-corrected chi connectivity index (χ0v) is 9.39. The van der Waals surface area contributed by atoms with Crippen molar-refractivity contribution < 1.29 is 19.9 Å². The third-order valence-corrected chi connectivity index (χ3v) is 2.14. The van der Waals surface area contributed by atoms with Crippen molar-refractivity contribution in [1.82, 2.24) is 5.06 Å². The van der Waals surface area contributed by atoms with Gasteiger partial charge in [0.2, 0.25) is 5.91 Å². The third-order valence-electron chi connectivity index (χ3n) is 2.14. The Morgan fingerprint density at radius 2 is 1.75 bits per heavy atom. The van der Waals surface area contributed by atoms with E-state index in [0.717, 1.165) is 12.8 Å². The summed E-state index contributed by atoms with van der Waals surface area (Å²) in [6.07, 6.45) is 2.94. The molecule has 0 aliphatic rings. The van der Waals surface area contributed by atoms with Crippen LogP contribution in [0.15, 0.2) is 0 Å². The molecule has 0 aliphatic carbocycles. The average Bonchev–Trinajstić information content (AvgIpc) is 2.23.